The van der Waals surface area contributed by atoms with E-state index in [2.05, 4.69) is 5.32 Å². The number of halogens is 1. The van der Waals surface area contributed by atoms with Crippen molar-refractivity contribution in [2.24, 2.45) is 0 Å². The van der Waals surface area contributed by atoms with Crippen LogP contribution in [0.5, 0.6) is 5.75 Å². The lowest BCUT2D eigenvalue weighted by Crippen LogP contribution is -2.20. The summed E-state index contributed by atoms with van der Waals surface area (Å²) in [5.74, 6) is -0.902. The van der Waals surface area contributed by atoms with Gasteiger partial charge in [0.1, 0.15) is 11.6 Å². The zero-order valence-corrected chi connectivity index (χ0v) is 12.5. The molecule has 0 saturated carbocycles. The summed E-state index contributed by atoms with van der Waals surface area (Å²) in [5, 5.41) is 11.0. The summed E-state index contributed by atoms with van der Waals surface area (Å²) in [6, 6.07) is 12.1. The maximum Gasteiger partial charge on any atom is 0.267 e. The van der Waals surface area contributed by atoms with Gasteiger partial charge in [-0.1, -0.05) is 12.1 Å². The van der Waals surface area contributed by atoms with Gasteiger partial charge in [-0.05, 0) is 48.0 Å². The van der Waals surface area contributed by atoms with Gasteiger partial charge in [0.25, 0.3) is 11.8 Å². The Morgan fingerprint density at radius 2 is 1.75 bits per heavy atom. The van der Waals surface area contributed by atoms with Gasteiger partial charge in [0, 0.05) is 11.8 Å². The molecular weight excluding hydrogens is 315 g/mol. The molecule has 7 heteroatoms. The molecule has 0 atom stereocenters. The van der Waals surface area contributed by atoms with Crippen molar-refractivity contribution in [3.63, 3.8) is 0 Å². The Morgan fingerprint density at radius 1 is 1.08 bits per heavy atom. The van der Waals surface area contributed by atoms with E-state index in [4.69, 9.17) is 9.94 Å². The van der Waals surface area contributed by atoms with Crippen LogP contribution >= 0.6 is 0 Å². The van der Waals surface area contributed by atoms with Gasteiger partial charge in [-0.15, -0.1) is 0 Å². The van der Waals surface area contributed by atoms with Crippen LogP contribution in [0.2, 0.25) is 0 Å². The van der Waals surface area contributed by atoms with E-state index in [1.807, 2.05) is 0 Å². The topological polar surface area (TPSA) is 87.7 Å². The minimum Gasteiger partial charge on any atom is -0.484 e. The summed E-state index contributed by atoms with van der Waals surface area (Å²) in [4.78, 5) is 22.6. The minimum atomic E-state index is -0.632. The standard InChI is InChI=1S/C17H15FN2O4/c18-13-4-6-14(7-5-13)19-17(22)11-24-15-8-1-12(2-9-15)3-10-16(21)20-23/h1-10,23H,11H2,(H,19,22)(H,20,21)/b10-3+. The molecule has 0 aromatic heterocycles. The molecule has 0 fully saturated rings. The third-order valence-electron chi connectivity index (χ3n) is 2.92. The summed E-state index contributed by atoms with van der Waals surface area (Å²) in [5.41, 5.74) is 2.69. The van der Waals surface area contributed by atoms with E-state index in [1.165, 1.54) is 41.9 Å². The monoisotopic (exact) mass is 330 g/mol. The first-order valence-corrected chi connectivity index (χ1v) is 6.97. The maximum atomic E-state index is 12.8. The first-order valence-electron chi connectivity index (χ1n) is 6.97. The van der Waals surface area contributed by atoms with Crippen LogP contribution in [0.3, 0.4) is 0 Å². The van der Waals surface area contributed by atoms with Crippen LogP contribution in [0.15, 0.2) is 54.6 Å². The number of hydrogen-bond donors (Lipinski definition) is 3. The van der Waals surface area contributed by atoms with Gasteiger partial charge in [-0.2, -0.15) is 0 Å². The SMILES string of the molecule is O=C(/C=C/c1ccc(OCC(=O)Nc2ccc(F)cc2)cc1)NO. The first-order chi connectivity index (χ1) is 11.6. The number of amides is 2. The molecule has 0 aliphatic carbocycles. The largest absolute Gasteiger partial charge is 0.484 e. The zero-order valence-electron chi connectivity index (χ0n) is 12.5. The highest BCUT2D eigenvalue weighted by Gasteiger charge is 2.04. The number of hydrogen-bond acceptors (Lipinski definition) is 4. The summed E-state index contributed by atoms with van der Waals surface area (Å²) >= 11 is 0. The summed E-state index contributed by atoms with van der Waals surface area (Å²) in [6.07, 6.45) is 2.68. The molecule has 0 saturated heterocycles. The van der Waals surface area contributed by atoms with Gasteiger partial charge in [0.15, 0.2) is 6.61 Å². The molecule has 2 rings (SSSR count). The van der Waals surface area contributed by atoms with Gasteiger partial charge >= 0.3 is 0 Å². The van der Waals surface area contributed by atoms with Gasteiger partial charge in [0.2, 0.25) is 0 Å². The molecule has 0 radical (unpaired) electrons. The third-order valence-corrected chi connectivity index (χ3v) is 2.92. The van der Waals surface area contributed by atoms with E-state index in [1.54, 1.807) is 24.3 Å². The third kappa shape index (κ3) is 5.54. The van der Waals surface area contributed by atoms with Crippen LogP contribution in [0.1, 0.15) is 5.56 Å². The fraction of sp³-hybridized carbons (Fsp3) is 0.0588. The van der Waals surface area contributed by atoms with Crippen molar-refractivity contribution in [2.75, 3.05) is 11.9 Å². The fourth-order valence-corrected chi connectivity index (χ4v) is 1.76. The maximum absolute atomic E-state index is 12.8. The van der Waals surface area contributed by atoms with E-state index in [9.17, 15) is 14.0 Å². The molecular formula is C17H15FN2O4. The summed E-state index contributed by atoms with van der Waals surface area (Å²) in [7, 11) is 0. The van der Waals surface area contributed by atoms with Crippen LogP contribution in [-0.4, -0.2) is 23.6 Å². The molecule has 0 unspecified atom stereocenters. The molecule has 0 heterocycles. The predicted octanol–water partition coefficient (Wildman–Crippen LogP) is 2.36. The highest BCUT2D eigenvalue weighted by molar-refractivity contribution is 5.92. The molecule has 0 bridgehead atoms. The molecule has 124 valence electrons. The Labute approximate surface area is 137 Å². The highest BCUT2D eigenvalue weighted by atomic mass is 19.1. The first kappa shape index (κ1) is 17.2. The predicted molar refractivity (Wildman–Crippen MR) is 85.9 cm³/mol. The van der Waals surface area contributed by atoms with Crippen molar-refractivity contribution >= 4 is 23.6 Å². The number of ether oxygens (including phenoxy) is 1. The lowest BCUT2D eigenvalue weighted by molar-refractivity contribution is -0.124. The summed E-state index contributed by atoms with van der Waals surface area (Å²) < 4.78 is 18.1. The smallest absolute Gasteiger partial charge is 0.267 e. The van der Waals surface area contributed by atoms with Crippen LogP contribution in [0.4, 0.5) is 10.1 Å². The Kier molecular flexibility index (Phi) is 6.04. The average molecular weight is 330 g/mol. The molecule has 0 aliphatic rings. The quantitative estimate of drug-likeness (QED) is 0.431. The van der Waals surface area contributed by atoms with E-state index in [-0.39, 0.29) is 18.3 Å². The van der Waals surface area contributed by atoms with Crippen LogP contribution < -0.4 is 15.5 Å². The second-order valence-corrected chi connectivity index (χ2v) is 4.72. The Bertz CT molecular complexity index is 727. The number of anilines is 1. The van der Waals surface area contributed by atoms with Crippen LogP contribution in [0, 0.1) is 5.82 Å². The van der Waals surface area contributed by atoms with Crippen LogP contribution in [0.25, 0.3) is 6.08 Å². The van der Waals surface area contributed by atoms with Crippen molar-refractivity contribution in [2.45, 2.75) is 0 Å². The van der Waals surface area contributed by atoms with Gasteiger partial charge < -0.3 is 10.1 Å². The van der Waals surface area contributed by atoms with Gasteiger partial charge in [0.05, 0.1) is 0 Å². The molecule has 0 spiro atoms. The number of benzene rings is 2. The second kappa shape index (κ2) is 8.44. The molecule has 0 aliphatic heterocycles. The van der Waals surface area contributed by atoms with Crippen molar-refractivity contribution < 1.29 is 23.9 Å². The number of nitrogens with one attached hydrogen (secondary N) is 2. The van der Waals surface area contributed by atoms with E-state index in [0.717, 1.165) is 5.56 Å². The minimum absolute atomic E-state index is 0.195. The normalized spacial score (nSPS) is 10.4. The Hall–Kier alpha value is -3.19. The molecule has 2 aromatic carbocycles. The van der Waals surface area contributed by atoms with Gasteiger partial charge in [-0.3, -0.25) is 14.8 Å². The highest BCUT2D eigenvalue weighted by Crippen LogP contribution is 2.13. The Balaban J connectivity index is 1.83. The number of hydroxylamine groups is 1. The van der Waals surface area contributed by atoms with Crippen molar-refractivity contribution in [1.29, 1.82) is 0 Å². The molecule has 3 N–H and O–H groups in total. The summed E-state index contributed by atoms with van der Waals surface area (Å²) in [6.45, 7) is -0.195. The number of carbonyl (C=O) groups excluding carboxylic acids is 2. The zero-order chi connectivity index (χ0) is 17.4. The van der Waals surface area contributed by atoms with Crippen molar-refractivity contribution in [3.05, 3.63) is 66.0 Å². The average Bonchev–Trinajstić information content (AvgIpc) is 2.60. The number of carbonyl (C=O) groups is 2. The molecule has 6 nitrogen and oxygen atoms in total. The van der Waals surface area contributed by atoms with E-state index >= 15 is 0 Å². The van der Waals surface area contributed by atoms with E-state index < -0.39 is 5.91 Å². The Morgan fingerprint density at radius 3 is 2.38 bits per heavy atom. The van der Waals surface area contributed by atoms with Crippen LogP contribution in [-0.2, 0) is 9.59 Å². The molecule has 2 aromatic rings. The fourth-order valence-electron chi connectivity index (χ4n) is 1.76. The second-order valence-electron chi connectivity index (χ2n) is 4.72. The molecule has 2 amide bonds. The van der Waals surface area contributed by atoms with Crippen molar-refractivity contribution in [1.82, 2.24) is 5.48 Å². The lowest BCUT2D eigenvalue weighted by Gasteiger charge is -2.07. The van der Waals surface area contributed by atoms with Crippen molar-refractivity contribution in [3.8, 4) is 5.75 Å². The lowest BCUT2D eigenvalue weighted by atomic mass is 10.2. The van der Waals surface area contributed by atoms with E-state index in [0.29, 0.717) is 11.4 Å². The van der Waals surface area contributed by atoms with Gasteiger partial charge in [-0.25, -0.2) is 9.87 Å². The molecule has 24 heavy (non-hydrogen) atoms. The number of rotatable bonds is 6.